The van der Waals surface area contributed by atoms with Crippen molar-refractivity contribution in [3.8, 4) is 11.5 Å². The second-order valence-corrected chi connectivity index (χ2v) is 4.28. The van der Waals surface area contributed by atoms with E-state index in [1.807, 2.05) is 0 Å². The van der Waals surface area contributed by atoms with Crippen LogP contribution in [0, 0.1) is 0 Å². The summed E-state index contributed by atoms with van der Waals surface area (Å²) in [5.74, 6) is 0.858. The molecule has 0 bridgehead atoms. The van der Waals surface area contributed by atoms with Crippen LogP contribution in [0.2, 0.25) is 5.15 Å². The Morgan fingerprint density at radius 3 is 2.60 bits per heavy atom. The van der Waals surface area contributed by atoms with Gasteiger partial charge in [-0.05, 0) is 24.3 Å². The monoisotopic (exact) mass is 292 g/mol. The van der Waals surface area contributed by atoms with Gasteiger partial charge in [0.1, 0.15) is 16.7 Å². The summed E-state index contributed by atoms with van der Waals surface area (Å²) in [6.07, 6.45) is 1.41. The predicted octanol–water partition coefficient (Wildman–Crippen LogP) is 3.00. The first-order chi connectivity index (χ1) is 9.63. The molecule has 1 aromatic carbocycles. The van der Waals surface area contributed by atoms with Gasteiger partial charge >= 0.3 is 0 Å². The van der Waals surface area contributed by atoms with Crippen LogP contribution in [-0.2, 0) is 0 Å². The number of carbonyl (C=O) groups excluding carboxylic acids is 1. The van der Waals surface area contributed by atoms with E-state index < -0.39 is 0 Å². The number of ether oxygens (including phenoxy) is 2. The summed E-state index contributed by atoms with van der Waals surface area (Å²) >= 11 is 5.68. The van der Waals surface area contributed by atoms with Crippen molar-refractivity contribution in [2.24, 2.45) is 0 Å². The molecule has 0 aliphatic rings. The zero-order chi connectivity index (χ0) is 14.5. The van der Waals surface area contributed by atoms with Gasteiger partial charge in [-0.1, -0.05) is 11.6 Å². The van der Waals surface area contributed by atoms with Crippen molar-refractivity contribution < 1.29 is 14.3 Å². The minimum Gasteiger partial charge on any atom is -0.497 e. The molecule has 0 atom stereocenters. The van der Waals surface area contributed by atoms with Gasteiger partial charge in [-0.2, -0.15) is 0 Å². The Labute approximate surface area is 121 Å². The van der Waals surface area contributed by atoms with Crippen molar-refractivity contribution in [3.05, 3.63) is 47.2 Å². The van der Waals surface area contributed by atoms with Crippen LogP contribution in [0.25, 0.3) is 0 Å². The fourth-order valence-electron chi connectivity index (χ4n) is 1.62. The SMILES string of the molecule is COc1ccc(OC)c(NC(=O)c2ccc(Cl)nc2)c1. The summed E-state index contributed by atoms with van der Waals surface area (Å²) in [7, 11) is 3.08. The lowest BCUT2D eigenvalue weighted by atomic mass is 10.2. The lowest BCUT2D eigenvalue weighted by molar-refractivity contribution is 0.102. The van der Waals surface area contributed by atoms with E-state index in [-0.39, 0.29) is 5.91 Å². The number of hydrogen-bond acceptors (Lipinski definition) is 4. The van der Waals surface area contributed by atoms with Crippen LogP contribution < -0.4 is 14.8 Å². The topological polar surface area (TPSA) is 60.5 Å². The molecule has 2 aromatic rings. The average molecular weight is 293 g/mol. The van der Waals surface area contributed by atoms with Crippen LogP contribution in [0.4, 0.5) is 5.69 Å². The molecule has 0 saturated carbocycles. The standard InChI is InChI=1S/C14H13ClN2O3/c1-19-10-4-5-12(20-2)11(7-10)17-14(18)9-3-6-13(15)16-8-9/h3-8H,1-2H3,(H,17,18). The molecule has 1 aromatic heterocycles. The zero-order valence-electron chi connectivity index (χ0n) is 11.0. The summed E-state index contributed by atoms with van der Waals surface area (Å²) < 4.78 is 10.3. The van der Waals surface area contributed by atoms with Crippen molar-refractivity contribution in [1.82, 2.24) is 4.98 Å². The molecule has 1 heterocycles. The van der Waals surface area contributed by atoms with Gasteiger partial charge in [0.15, 0.2) is 0 Å². The Hall–Kier alpha value is -2.27. The van der Waals surface area contributed by atoms with E-state index in [0.29, 0.717) is 27.9 Å². The fraction of sp³-hybridized carbons (Fsp3) is 0.143. The largest absolute Gasteiger partial charge is 0.497 e. The molecular formula is C14H13ClN2O3. The van der Waals surface area contributed by atoms with Gasteiger partial charge in [-0.15, -0.1) is 0 Å². The maximum atomic E-state index is 12.1. The number of pyridine rings is 1. The molecule has 0 fully saturated rings. The number of methoxy groups -OCH3 is 2. The zero-order valence-corrected chi connectivity index (χ0v) is 11.8. The lowest BCUT2D eigenvalue weighted by Crippen LogP contribution is -2.13. The van der Waals surface area contributed by atoms with E-state index in [1.54, 1.807) is 37.4 Å². The van der Waals surface area contributed by atoms with Crippen LogP contribution >= 0.6 is 11.6 Å². The minimum atomic E-state index is -0.305. The van der Waals surface area contributed by atoms with Crippen LogP contribution in [0.5, 0.6) is 11.5 Å². The Bertz CT molecular complexity index is 614. The number of carbonyl (C=O) groups is 1. The molecule has 6 heteroatoms. The summed E-state index contributed by atoms with van der Waals surface area (Å²) in [5.41, 5.74) is 0.922. The third-order valence-electron chi connectivity index (χ3n) is 2.64. The molecule has 1 amide bonds. The van der Waals surface area contributed by atoms with Crippen molar-refractivity contribution in [1.29, 1.82) is 0 Å². The van der Waals surface area contributed by atoms with Crippen LogP contribution in [0.15, 0.2) is 36.5 Å². The fourth-order valence-corrected chi connectivity index (χ4v) is 1.73. The molecule has 0 aliphatic heterocycles. The molecule has 0 unspecified atom stereocenters. The third-order valence-corrected chi connectivity index (χ3v) is 2.87. The number of halogens is 1. The number of anilines is 1. The average Bonchev–Trinajstić information content (AvgIpc) is 2.47. The van der Waals surface area contributed by atoms with Gasteiger partial charge in [-0.3, -0.25) is 4.79 Å². The normalized spacial score (nSPS) is 9.95. The summed E-state index contributed by atoms with van der Waals surface area (Å²) in [5, 5.41) is 3.08. The molecule has 20 heavy (non-hydrogen) atoms. The molecule has 0 radical (unpaired) electrons. The number of nitrogens with one attached hydrogen (secondary N) is 1. The maximum Gasteiger partial charge on any atom is 0.257 e. The smallest absolute Gasteiger partial charge is 0.257 e. The highest BCUT2D eigenvalue weighted by molar-refractivity contribution is 6.29. The van der Waals surface area contributed by atoms with Crippen LogP contribution in [0.1, 0.15) is 10.4 Å². The highest BCUT2D eigenvalue weighted by Crippen LogP contribution is 2.29. The molecule has 0 saturated heterocycles. The van der Waals surface area contributed by atoms with E-state index in [9.17, 15) is 4.79 Å². The quantitative estimate of drug-likeness (QED) is 0.880. The number of benzene rings is 1. The second-order valence-electron chi connectivity index (χ2n) is 3.89. The maximum absolute atomic E-state index is 12.1. The Balaban J connectivity index is 2.24. The van der Waals surface area contributed by atoms with Gasteiger partial charge in [0.05, 0.1) is 25.5 Å². The summed E-state index contributed by atoms with van der Waals surface area (Å²) in [4.78, 5) is 16.0. The van der Waals surface area contributed by atoms with Gasteiger partial charge in [0, 0.05) is 12.3 Å². The van der Waals surface area contributed by atoms with Gasteiger partial charge < -0.3 is 14.8 Å². The van der Waals surface area contributed by atoms with Crippen molar-refractivity contribution in [2.45, 2.75) is 0 Å². The molecule has 5 nitrogen and oxygen atoms in total. The van der Waals surface area contributed by atoms with E-state index in [4.69, 9.17) is 21.1 Å². The van der Waals surface area contributed by atoms with E-state index in [2.05, 4.69) is 10.3 Å². The number of aromatic nitrogens is 1. The van der Waals surface area contributed by atoms with E-state index in [1.165, 1.54) is 13.3 Å². The van der Waals surface area contributed by atoms with Crippen LogP contribution in [0.3, 0.4) is 0 Å². The first kappa shape index (κ1) is 14.1. The summed E-state index contributed by atoms with van der Waals surface area (Å²) in [6, 6.07) is 8.30. The second kappa shape index (κ2) is 6.25. The first-order valence-electron chi connectivity index (χ1n) is 5.79. The molecular weight excluding hydrogens is 280 g/mol. The lowest BCUT2D eigenvalue weighted by Gasteiger charge is -2.11. The molecule has 2 rings (SSSR count). The highest BCUT2D eigenvalue weighted by Gasteiger charge is 2.11. The molecule has 104 valence electrons. The van der Waals surface area contributed by atoms with Gasteiger partial charge in [0.2, 0.25) is 0 Å². The van der Waals surface area contributed by atoms with Gasteiger partial charge in [-0.25, -0.2) is 4.98 Å². The van der Waals surface area contributed by atoms with E-state index in [0.717, 1.165) is 0 Å². The highest BCUT2D eigenvalue weighted by atomic mass is 35.5. The number of rotatable bonds is 4. The van der Waals surface area contributed by atoms with Crippen LogP contribution in [-0.4, -0.2) is 25.1 Å². The molecule has 0 aliphatic carbocycles. The molecule has 0 spiro atoms. The first-order valence-corrected chi connectivity index (χ1v) is 6.17. The number of nitrogens with zero attached hydrogens (tertiary/aromatic N) is 1. The van der Waals surface area contributed by atoms with Crippen molar-refractivity contribution >= 4 is 23.2 Å². The number of amides is 1. The van der Waals surface area contributed by atoms with E-state index >= 15 is 0 Å². The predicted molar refractivity (Wildman–Crippen MR) is 76.7 cm³/mol. The van der Waals surface area contributed by atoms with Crippen molar-refractivity contribution in [2.75, 3.05) is 19.5 Å². The Morgan fingerprint density at radius 1 is 1.20 bits per heavy atom. The Kier molecular flexibility index (Phi) is 4.42. The number of hydrogen-bond donors (Lipinski definition) is 1. The third kappa shape index (κ3) is 3.19. The molecule has 1 N–H and O–H groups in total. The van der Waals surface area contributed by atoms with Gasteiger partial charge in [0.25, 0.3) is 5.91 Å². The summed E-state index contributed by atoms with van der Waals surface area (Å²) in [6.45, 7) is 0. The van der Waals surface area contributed by atoms with Crippen molar-refractivity contribution in [3.63, 3.8) is 0 Å². The minimum absolute atomic E-state index is 0.305. The Morgan fingerprint density at radius 2 is 2.00 bits per heavy atom.